The monoisotopic (exact) mass is 247 g/mol. The summed E-state index contributed by atoms with van der Waals surface area (Å²) in [5.41, 5.74) is 2.92. The average Bonchev–Trinajstić information content (AvgIpc) is 2.50. The molecule has 0 fully saturated rings. The van der Waals surface area contributed by atoms with E-state index in [1.54, 1.807) is 12.4 Å². The summed E-state index contributed by atoms with van der Waals surface area (Å²) in [4.78, 5) is 8.77. The molecule has 3 aromatic rings. The zero-order chi connectivity index (χ0) is 12.9. The Labute approximate surface area is 112 Å². The van der Waals surface area contributed by atoms with Gasteiger partial charge >= 0.3 is 0 Å². The van der Waals surface area contributed by atoms with Crippen LogP contribution in [0.3, 0.4) is 0 Å². The van der Waals surface area contributed by atoms with Crippen molar-refractivity contribution in [3.63, 3.8) is 0 Å². The van der Waals surface area contributed by atoms with Gasteiger partial charge in [0.1, 0.15) is 5.82 Å². The lowest BCUT2D eigenvalue weighted by Gasteiger charge is -2.10. The van der Waals surface area contributed by atoms with E-state index in [9.17, 15) is 0 Å². The lowest BCUT2D eigenvalue weighted by Crippen LogP contribution is -1.96. The maximum absolute atomic E-state index is 4.40. The van der Waals surface area contributed by atoms with E-state index >= 15 is 0 Å². The molecule has 0 aliphatic rings. The van der Waals surface area contributed by atoms with Crippen LogP contribution in [0, 0.1) is 0 Å². The maximum Gasteiger partial charge on any atom is 0.139 e. The van der Waals surface area contributed by atoms with Crippen molar-refractivity contribution in [1.82, 2.24) is 9.97 Å². The molecule has 0 saturated carbocycles. The molecule has 3 heteroatoms. The Hall–Kier alpha value is -2.68. The summed E-state index contributed by atoms with van der Waals surface area (Å²) in [5.74, 6) is 0.812. The fourth-order valence-electron chi connectivity index (χ4n) is 1.89. The zero-order valence-electron chi connectivity index (χ0n) is 10.3. The zero-order valence-corrected chi connectivity index (χ0v) is 10.3. The van der Waals surface area contributed by atoms with Crippen molar-refractivity contribution in [1.29, 1.82) is 0 Å². The first-order chi connectivity index (χ1) is 9.43. The lowest BCUT2D eigenvalue weighted by molar-refractivity contribution is 1.27. The van der Waals surface area contributed by atoms with Crippen LogP contribution in [0.4, 0.5) is 11.5 Å². The number of nitrogens with zero attached hydrogens (tertiary/aromatic N) is 2. The molecule has 2 aromatic heterocycles. The minimum atomic E-state index is 0.812. The van der Waals surface area contributed by atoms with E-state index in [0.717, 1.165) is 22.8 Å². The number of benzene rings is 1. The molecule has 0 aliphatic heterocycles. The van der Waals surface area contributed by atoms with Gasteiger partial charge in [-0.25, -0.2) is 4.98 Å². The Balaban J connectivity index is 1.99. The molecule has 0 bridgehead atoms. The first-order valence-electron chi connectivity index (χ1n) is 6.12. The molecule has 0 saturated heterocycles. The highest BCUT2D eigenvalue weighted by Gasteiger charge is 2.06. The Morgan fingerprint density at radius 3 is 2.26 bits per heavy atom. The minimum Gasteiger partial charge on any atom is -0.340 e. The van der Waals surface area contributed by atoms with Crippen molar-refractivity contribution in [3.05, 3.63) is 73.1 Å². The quantitative estimate of drug-likeness (QED) is 0.763. The molecule has 92 valence electrons. The van der Waals surface area contributed by atoms with E-state index in [0.29, 0.717) is 0 Å². The standard InChI is InChI=1S/C16H13N3/c1-2-7-13(8-3-1)19-16-14(9-6-12-18-16)15-10-4-5-11-17-15/h1-12H,(H,18,19). The predicted molar refractivity (Wildman–Crippen MR) is 77.2 cm³/mol. The molecule has 1 N–H and O–H groups in total. The van der Waals surface area contributed by atoms with Crippen molar-refractivity contribution in [3.8, 4) is 11.3 Å². The minimum absolute atomic E-state index is 0.812. The third kappa shape index (κ3) is 2.60. The molecule has 19 heavy (non-hydrogen) atoms. The summed E-state index contributed by atoms with van der Waals surface area (Å²) in [7, 11) is 0. The second-order valence-electron chi connectivity index (χ2n) is 4.11. The number of nitrogens with one attached hydrogen (secondary N) is 1. The first-order valence-corrected chi connectivity index (χ1v) is 6.12. The Bertz CT molecular complexity index is 651. The Morgan fingerprint density at radius 2 is 1.47 bits per heavy atom. The van der Waals surface area contributed by atoms with Crippen LogP contribution < -0.4 is 5.32 Å². The van der Waals surface area contributed by atoms with Gasteiger partial charge in [-0.15, -0.1) is 0 Å². The van der Waals surface area contributed by atoms with Crippen LogP contribution in [0.5, 0.6) is 0 Å². The van der Waals surface area contributed by atoms with E-state index in [1.165, 1.54) is 0 Å². The number of anilines is 2. The topological polar surface area (TPSA) is 37.8 Å². The predicted octanol–water partition coefficient (Wildman–Crippen LogP) is 3.89. The van der Waals surface area contributed by atoms with Gasteiger partial charge < -0.3 is 5.32 Å². The normalized spacial score (nSPS) is 10.1. The van der Waals surface area contributed by atoms with E-state index in [-0.39, 0.29) is 0 Å². The van der Waals surface area contributed by atoms with Gasteiger partial charge in [0.2, 0.25) is 0 Å². The number of pyridine rings is 2. The highest BCUT2D eigenvalue weighted by Crippen LogP contribution is 2.26. The van der Waals surface area contributed by atoms with Crippen LogP contribution in [-0.2, 0) is 0 Å². The third-order valence-electron chi connectivity index (χ3n) is 2.79. The van der Waals surface area contributed by atoms with E-state index in [2.05, 4.69) is 15.3 Å². The molecule has 0 amide bonds. The van der Waals surface area contributed by atoms with Gasteiger partial charge in [0.15, 0.2) is 0 Å². The number of rotatable bonds is 3. The molecule has 0 atom stereocenters. The van der Waals surface area contributed by atoms with Gasteiger partial charge in [0, 0.05) is 23.6 Å². The molecule has 0 radical (unpaired) electrons. The molecule has 1 aromatic carbocycles. The Kier molecular flexibility index (Phi) is 3.19. The third-order valence-corrected chi connectivity index (χ3v) is 2.79. The highest BCUT2D eigenvalue weighted by molar-refractivity contribution is 5.75. The van der Waals surface area contributed by atoms with E-state index in [4.69, 9.17) is 0 Å². The van der Waals surface area contributed by atoms with Crippen molar-refractivity contribution < 1.29 is 0 Å². The molecular formula is C16H13N3. The van der Waals surface area contributed by atoms with Crippen molar-refractivity contribution in [2.45, 2.75) is 0 Å². The summed E-state index contributed by atoms with van der Waals surface area (Å²) >= 11 is 0. The van der Waals surface area contributed by atoms with Crippen molar-refractivity contribution >= 4 is 11.5 Å². The summed E-state index contributed by atoms with van der Waals surface area (Å²) in [5, 5.41) is 3.32. The number of para-hydroxylation sites is 1. The van der Waals surface area contributed by atoms with E-state index in [1.807, 2.05) is 60.7 Å². The highest BCUT2D eigenvalue weighted by atomic mass is 15.0. The van der Waals surface area contributed by atoms with Gasteiger partial charge in [-0.05, 0) is 36.4 Å². The van der Waals surface area contributed by atoms with Gasteiger partial charge in [-0.3, -0.25) is 4.98 Å². The van der Waals surface area contributed by atoms with Crippen LogP contribution in [-0.4, -0.2) is 9.97 Å². The summed E-state index contributed by atoms with van der Waals surface area (Å²) in [6.07, 6.45) is 3.56. The van der Waals surface area contributed by atoms with Crippen LogP contribution in [0.25, 0.3) is 11.3 Å². The summed E-state index contributed by atoms with van der Waals surface area (Å²) in [6, 6.07) is 19.8. The van der Waals surface area contributed by atoms with Crippen molar-refractivity contribution in [2.24, 2.45) is 0 Å². The molecule has 0 spiro atoms. The molecule has 0 unspecified atom stereocenters. The fourth-order valence-corrected chi connectivity index (χ4v) is 1.89. The lowest BCUT2D eigenvalue weighted by atomic mass is 10.1. The fraction of sp³-hybridized carbons (Fsp3) is 0. The molecule has 2 heterocycles. The molecule has 0 aliphatic carbocycles. The second kappa shape index (κ2) is 5.31. The van der Waals surface area contributed by atoms with E-state index < -0.39 is 0 Å². The van der Waals surface area contributed by atoms with Crippen molar-refractivity contribution in [2.75, 3.05) is 5.32 Å². The van der Waals surface area contributed by atoms with Crippen LogP contribution >= 0.6 is 0 Å². The first kappa shape index (κ1) is 11.4. The SMILES string of the molecule is c1ccc(Nc2ncccc2-c2ccccn2)cc1. The largest absolute Gasteiger partial charge is 0.340 e. The van der Waals surface area contributed by atoms with Gasteiger partial charge in [-0.1, -0.05) is 24.3 Å². The maximum atomic E-state index is 4.40. The van der Waals surface area contributed by atoms with Gasteiger partial charge in [0.25, 0.3) is 0 Å². The Morgan fingerprint density at radius 1 is 0.684 bits per heavy atom. The smallest absolute Gasteiger partial charge is 0.139 e. The van der Waals surface area contributed by atoms with Crippen LogP contribution in [0.2, 0.25) is 0 Å². The summed E-state index contributed by atoms with van der Waals surface area (Å²) in [6.45, 7) is 0. The second-order valence-corrected chi connectivity index (χ2v) is 4.11. The van der Waals surface area contributed by atoms with Crippen LogP contribution in [0.1, 0.15) is 0 Å². The summed E-state index contributed by atoms with van der Waals surface area (Å²) < 4.78 is 0. The van der Waals surface area contributed by atoms with Gasteiger partial charge in [-0.2, -0.15) is 0 Å². The number of hydrogen-bond acceptors (Lipinski definition) is 3. The number of hydrogen-bond donors (Lipinski definition) is 1. The number of aromatic nitrogens is 2. The van der Waals surface area contributed by atoms with Crippen LogP contribution in [0.15, 0.2) is 73.1 Å². The average molecular weight is 247 g/mol. The molecule has 3 nitrogen and oxygen atoms in total. The van der Waals surface area contributed by atoms with Gasteiger partial charge in [0.05, 0.1) is 5.69 Å². The molecule has 3 rings (SSSR count). The molecular weight excluding hydrogens is 234 g/mol.